The van der Waals surface area contributed by atoms with E-state index in [1.165, 1.54) is 18.2 Å². The number of aromatic carboxylic acids is 1. The maximum absolute atomic E-state index is 12.3. The highest BCUT2D eigenvalue weighted by atomic mass is 32.1. The van der Waals surface area contributed by atoms with Gasteiger partial charge in [-0.3, -0.25) is 4.79 Å². The van der Waals surface area contributed by atoms with Crippen LogP contribution in [-0.2, 0) is 0 Å². The van der Waals surface area contributed by atoms with Crippen molar-refractivity contribution in [3.63, 3.8) is 0 Å². The molecule has 0 bridgehead atoms. The number of thiocarbonyl (C=S) groups is 1. The second-order valence-corrected chi connectivity index (χ2v) is 5.45. The number of carboxylic acids is 1. The van der Waals surface area contributed by atoms with Gasteiger partial charge in [-0.15, -0.1) is 0 Å². The molecular formula is C16H15N3O4S. The molecule has 0 radical (unpaired) electrons. The van der Waals surface area contributed by atoms with Crippen LogP contribution in [0.5, 0.6) is 5.75 Å². The lowest BCUT2D eigenvalue weighted by molar-refractivity contribution is 0.0693. The summed E-state index contributed by atoms with van der Waals surface area (Å²) in [6, 6.07) is 8.72. The summed E-state index contributed by atoms with van der Waals surface area (Å²) in [6.07, 6.45) is 0. The fourth-order valence-corrected chi connectivity index (χ4v) is 2.13. The van der Waals surface area contributed by atoms with Crippen molar-refractivity contribution in [1.82, 2.24) is 0 Å². The molecule has 0 aromatic heterocycles. The lowest BCUT2D eigenvalue weighted by Crippen LogP contribution is -2.20. The van der Waals surface area contributed by atoms with E-state index in [0.29, 0.717) is 11.3 Å². The minimum atomic E-state index is -1.29. The smallest absolute Gasteiger partial charge is 0.339 e. The third kappa shape index (κ3) is 3.99. The Morgan fingerprint density at radius 1 is 1.12 bits per heavy atom. The average Bonchev–Trinajstić information content (AvgIpc) is 2.50. The van der Waals surface area contributed by atoms with Crippen LogP contribution in [0.4, 0.5) is 11.4 Å². The SMILES string of the molecule is Cc1ccc(C(=O)Nc2ccc(O)c(C(=O)O)c2)cc1NC(N)=S. The summed E-state index contributed by atoms with van der Waals surface area (Å²) in [4.78, 5) is 23.3. The van der Waals surface area contributed by atoms with Gasteiger partial charge in [0.05, 0.1) is 0 Å². The lowest BCUT2D eigenvalue weighted by atomic mass is 10.1. The molecule has 2 aromatic carbocycles. The van der Waals surface area contributed by atoms with Crippen molar-refractivity contribution >= 4 is 40.6 Å². The van der Waals surface area contributed by atoms with E-state index < -0.39 is 11.9 Å². The Morgan fingerprint density at radius 2 is 1.83 bits per heavy atom. The maximum atomic E-state index is 12.3. The number of phenols is 1. The molecule has 0 fully saturated rings. The zero-order valence-corrected chi connectivity index (χ0v) is 13.5. The summed E-state index contributed by atoms with van der Waals surface area (Å²) in [7, 11) is 0. The minimum Gasteiger partial charge on any atom is -0.507 e. The van der Waals surface area contributed by atoms with Gasteiger partial charge in [0, 0.05) is 16.9 Å². The number of amides is 1. The quantitative estimate of drug-likeness (QED) is 0.425. The zero-order chi connectivity index (χ0) is 17.9. The third-order valence-electron chi connectivity index (χ3n) is 3.24. The molecule has 2 aromatic rings. The molecule has 2 rings (SSSR count). The molecule has 7 nitrogen and oxygen atoms in total. The molecule has 0 unspecified atom stereocenters. The fourth-order valence-electron chi connectivity index (χ4n) is 2.02. The number of carboxylic acid groups (broad SMARTS) is 1. The molecule has 0 aliphatic heterocycles. The lowest BCUT2D eigenvalue weighted by Gasteiger charge is -2.11. The minimum absolute atomic E-state index is 0.0836. The number of benzene rings is 2. The van der Waals surface area contributed by atoms with Gasteiger partial charge in [0.15, 0.2) is 5.11 Å². The number of anilines is 2. The average molecular weight is 345 g/mol. The van der Waals surface area contributed by atoms with Crippen LogP contribution >= 0.6 is 12.2 Å². The van der Waals surface area contributed by atoms with Gasteiger partial charge in [-0.2, -0.15) is 0 Å². The molecule has 124 valence electrons. The highest BCUT2D eigenvalue weighted by molar-refractivity contribution is 7.80. The molecule has 0 atom stereocenters. The van der Waals surface area contributed by atoms with Crippen LogP contribution in [0.2, 0.25) is 0 Å². The van der Waals surface area contributed by atoms with Gasteiger partial charge in [-0.05, 0) is 55.0 Å². The summed E-state index contributed by atoms with van der Waals surface area (Å²) in [5.74, 6) is -2.11. The summed E-state index contributed by atoms with van der Waals surface area (Å²) >= 11 is 4.79. The molecule has 0 saturated carbocycles. The van der Waals surface area contributed by atoms with Gasteiger partial charge in [0.25, 0.3) is 5.91 Å². The highest BCUT2D eigenvalue weighted by Crippen LogP contribution is 2.23. The van der Waals surface area contributed by atoms with Crippen LogP contribution in [0.25, 0.3) is 0 Å². The summed E-state index contributed by atoms with van der Waals surface area (Å²) in [5, 5.41) is 23.9. The normalized spacial score (nSPS) is 10.0. The number of carbonyl (C=O) groups excluding carboxylic acids is 1. The molecule has 1 amide bonds. The third-order valence-corrected chi connectivity index (χ3v) is 3.34. The van der Waals surface area contributed by atoms with E-state index in [9.17, 15) is 14.7 Å². The van der Waals surface area contributed by atoms with Crippen molar-refractivity contribution in [3.8, 4) is 5.75 Å². The first-order valence-electron chi connectivity index (χ1n) is 6.82. The first-order chi connectivity index (χ1) is 11.3. The largest absolute Gasteiger partial charge is 0.507 e. The number of hydrogen-bond acceptors (Lipinski definition) is 4. The zero-order valence-electron chi connectivity index (χ0n) is 12.7. The number of hydrogen-bond donors (Lipinski definition) is 5. The Morgan fingerprint density at radius 3 is 2.46 bits per heavy atom. The van der Waals surface area contributed by atoms with Gasteiger partial charge in [0.2, 0.25) is 0 Å². The fraction of sp³-hybridized carbons (Fsp3) is 0.0625. The monoisotopic (exact) mass is 345 g/mol. The van der Waals surface area contributed by atoms with Crippen molar-refractivity contribution in [2.45, 2.75) is 6.92 Å². The van der Waals surface area contributed by atoms with Crippen molar-refractivity contribution in [3.05, 3.63) is 53.1 Å². The Kier molecular flexibility index (Phi) is 5.00. The number of rotatable bonds is 4. The van der Waals surface area contributed by atoms with Crippen LogP contribution in [0.15, 0.2) is 36.4 Å². The molecule has 8 heteroatoms. The Labute approximate surface area is 143 Å². The summed E-state index contributed by atoms with van der Waals surface area (Å²) in [5.41, 5.74) is 7.19. The second-order valence-electron chi connectivity index (χ2n) is 5.01. The van der Waals surface area contributed by atoms with E-state index in [-0.39, 0.29) is 22.1 Å². The Hall–Kier alpha value is -3.13. The van der Waals surface area contributed by atoms with Gasteiger partial charge in [-0.25, -0.2) is 4.79 Å². The summed E-state index contributed by atoms with van der Waals surface area (Å²) in [6.45, 7) is 1.83. The van der Waals surface area contributed by atoms with Crippen LogP contribution in [0.3, 0.4) is 0 Å². The van der Waals surface area contributed by atoms with E-state index in [1.54, 1.807) is 18.2 Å². The van der Waals surface area contributed by atoms with Crippen molar-refractivity contribution in [2.75, 3.05) is 10.6 Å². The Balaban J connectivity index is 2.25. The molecule has 0 aliphatic carbocycles. The highest BCUT2D eigenvalue weighted by Gasteiger charge is 2.13. The standard InChI is InChI=1S/C16H15N3O4S/c1-8-2-3-9(6-12(8)19-16(17)24)14(21)18-10-4-5-13(20)11(7-10)15(22)23/h2-7,20H,1H3,(H,18,21)(H,22,23)(H3,17,19,24). The molecule has 24 heavy (non-hydrogen) atoms. The Bertz CT molecular complexity index is 836. The van der Waals surface area contributed by atoms with E-state index in [0.717, 1.165) is 5.56 Å². The van der Waals surface area contributed by atoms with Gasteiger partial charge in [-0.1, -0.05) is 6.07 Å². The van der Waals surface area contributed by atoms with Crippen molar-refractivity contribution < 1.29 is 19.8 Å². The van der Waals surface area contributed by atoms with Crippen LogP contribution < -0.4 is 16.4 Å². The van der Waals surface area contributed by atoms with Crippen LogP contribution in [0.1, 0.15) is 26.3 Å². The molecular weight excluding hydrogens is 330 g/mol. The van der Waals surface area contributed by atoms with Crippen molar-refractivity contribution in [1.29, 1.82) is 0 Å². The predicted molar refractivity (Wildman–Crippen MR) is 94.6 cm³/mol. The molecule has 0 heterocycles. The molecule has 0 aliphatic rings. The van der Waals surface area contributed by atoms with Crippen LogP contribution in [-0.4, -0.2) is 27.2 Å². The summed E-state index contributed by atoms with van der Waals surface area (Å²) < 4.78 is 0. The number of nitrogens with two attached hydrogens (primary N) is 1. The molecule has 6 N–H and O–H groups in total. The number of carbonyl (C=O) groups is 2. The number of nitrogens with one attached hydrogen (secondary N) is 2. The van der Waals surface area contributed by atoms with E-state index in [1.807, 2.05) is 6.92 Å². The molecule has 0 spiro atoms. The maximum Gasteiger partial charge on any atom is 0.339 e. The van der Waals surface area contributed by atoms with Gasteiger partial charge < -0.3 is 26.6 Å². The van der Waals surface area contributed by atoms with Gasteiger partial charge >= 0.3 is 5.97 Å². The van der Waals surface area contributed by atoms with Gasteiger partial charge in [0.1, 0.15) is 11.3 Å². The first-order valence-corrected chi connectivity index (χ1v) is 7.23. The molecule has 0 saturated heterocycles. The van der Waals surface area contributed by atoms with Crippen molar-refractivity contribution in [2.24, 2.45) is 5.73 Å². The van der Waals surface area contributed by atoms with E-state index in [4.69, 9.17) is 23.1 Å². The number of aromatic hydroxyl groups is 1. The van der Waals surface area contributed by atoms with E-state index >= 15 is 0 Å². The number of aryl methyl sites for hydroxylation is 1. The predicted octanol–water partition coefficient (Wildman–Crippen LogP) is 2.31. The first kappa shape index (κ1) is 17.2. The van der Waals surface area contributed by atoms with E-state index in [2.05, 4.69) is 10.6 Å². The van der Waals surface area contributed by atoms with Crippen LogP contribution in [0, 0.1) is 6.92 Å². The second kappa shape index (κ2) is 6.97. The topological polar surface area (TPSA) is 125 Å².